The summed E-state index contributed by atoms with van der Waals surface area (Å²) in [7, 11) is 0. The number of nitrogens with zero attached hydrogens (tertiary/aromatic N) is 6. The molecule has 164 valence electrons. The lowest BCUT2D eigenvalue weighted by Crippen LogP contribution is -2.38. The first-order valence-electron chi connectivity index (χ1n) is 10.9. The van der Waals surface area contributed by atoms with Gasteiger partial charge in [0.15, 0.2) is 5.82 Å². The first-order valence-corrected chi connectivity index (χ1v) is 11.7. The molecule has 0 saturated carbocycles. The lowest BCUT2D eigenvalue weighted by molar-refractivity contribution is 0.0976. The highest BCUT2D eigenvalue weighted by molar-refractivity contribution is 7.11. The first-order chi connectivity index (χ1) is 15.1. The number of ether oxygens (including phenoxy) is 1. The molecule has 2 atom stereocenters. The van der Waals surface area contributed by atoms with E-state index in [1.165, 1.54) is 4.88 Å². The number of piperidine rings is 1. The number of rotatable bonds is 4. The molecule has 2 saturated heterocycles. The van der Waals surface area contributed by atoms with Crippen LogP contribution in [0.3, 0.4) is 0 Å². The third-order valence-corrected chi connectivity index (χ3v) is 7.54. The number of benzene rings is 1. The van der Waals surface area contributed by atoms with Crippen LogP contribution in [-0.4, -0.2) is 64.9 Å². The molecule has 0 amide bonds. The van der Waals surface area contributed by atoms with Crippen molar-refractivity contribution in [2.45, 2.75) is 32.8 Å². The van der Waals surface area contributed by atoms with Gasteiger partial charge in [-0.05, 0) is 50.1 Å². The summed E-state index contributed by atoms with van der Waals surface area (Å²) in [6, 6.07) is 6.33. The number of aromatic nitrogens is 4. The number of aliphatic hydroxyl groups is 1. The second-order valence-electron chi connectivity index (χ2n) is 8.40. The predicted octanol–water partition coefficient (Wildman–Crippen LogP) is 2.88. The summed E-state index contributed by atoms with van der Waals surface area (Å²) in [4.78, 5) is 10.3. The van der Waals surface area contributed by atoms with Crippen molar-refractivity contribution in [3.8, 4) is 0 Å². The Hall–Kier alpha value is -2.36. The first kappa shape index (κ1) is 20.5. The molecule has 0 bridgehead atoms. The highest BCUT2D eigenvalue weighted by Crippen LogP contribution is 2.35. The van der Waals surface area contributed by atoms with Crippen LogP contribution < -0.4 is 9.80 Å². The molecule has 0 spiro atoms. The summed E-state index contributed by atoms with van der Waals surface area (Å²) < 4.78 is 5.47. The van der Waals surface area contributed by atoms with Crippen LogP contribution in [-0.2, 0) is 4.74 Å². The predicted molar refractivity (Wildman–Crippen MR) is 122 cm³/mol. The summed E-state index contributed by atoms with van der Waals surface area (Å²) in [5.74, 6) is 0.971. The molecule has 0 aliphatic carbocycles. The normalized spacial score (nSPS) is 20.9. The fraction of sp³-hybridized carbons (Fsp3) is 0.545. The summed E-state index contributed by atoms with van der Waals surface area (Å²) in [5.41, 5.74) is 3.00. The lowest BCUT2D eigenvalue weighted by Gasteiger charge is -2.35. The SMILES string of the molecule is Cc1nc(C(O)C2CCCN(c3nnnc4cc(N5CCOCC5)ccc34)C2)sc1C. The Morgan fingerprint density at radius 3 is 2.74 bits per heavy atom. The van der Waals surface area contributed by atoms with Gasteiger partial charge in [0.1, 0.15) is 16.6 Å². The minimum absolute atomic E-state index is 0.122. The molecular weight excluding hydrogens is 412 g/mol. The fourth-order valence-corrected chi connectivity index (χ4v) is 5.50. The van der Waals surface area contributed by atoms with Gasteiger partial charge in [-0.2, -0.15) is 0 Å². The quantitative estimate of drug-likeness (QED) is 0.663. The van der Waals surface area contributed by atoms with E-state index in [0.29, 0.717) is 0 Å². The number of aliphatic hydroxyl groups excluding tert-OH is 1. The number of hydrogen-bond donors (Lipinski definition) is 1. The Kier molecular flexibility index (Phi) is 5.73. The maximum atomic E-state index is 11.0. The van der Waals surface area contributed by atoms with Crippen LogP contribution in [0, 0.1) is 19.8 Å². The number of hydrogen-bond acceptors (Lipinski definition) is 9. The van der Waals surface area contributed by atoms with Crippen molar-refractivity contribution < 1.29 is 9.84 Å². The summed E-state index contributed by atoms with van der Waals surface area (Å²) in [6.07, 6.45) is 1.43. The molecule has 2 aliphatic heterocycles. The van der Waals surface area contributed by atoms with E-state index < -0.39 is 6.10 Å². The van der Waals surface area contributed by atoms with Gasteiger partial charge in [-0.25, -0.2) is 4.98 Å². The van der Waals surface area contributed by atoms with Crippen molar-refractivity contribution in [3.63, 3.8) is 0 Å². The van der Waals surface area contributed by atoms with E-state index in [-0.39, 0.29) is 5.92 Å². The van der Waals surface area contributed by atoms with E-state index in [0.717, 1.165) is 85.3 Å². The van der Waals surface area contributed by atoms with Crippen molar-refractivity contribution in [1.29, 1.82) is 0 Å². The molecule has 4 heterocycles. The average molecular weight is 441 g/mol. The topological polar surface area (TPSA) is 87.5 Å². The lowest BCUT2D eigenvalue weighted by atomic mass is 9.92. The number of aryl methyl sites for hydroxylation is 2. The average Bonchev–Trinajstić information content (AvgIpc) is 3.16. The van der Waals surface area contributed by atoms with Crippen LogP contribution in [0.2, 0.25) is 0 Å². The highest BCUT2D eigenvalue weighted by atomic mass is 32.1. The van der Waals surface area contributed by atoms with Crippen LogP contribution in [0.15, 0.2) is 18.2 Å². The smallest absolute Gasteiger partial charge is 0.162 e. The van der Waals surface area contributed by atoms with Crippen molar-refractivity contribution >= 4 is 33.7 Å². The number of morpholine rings is 1. The Bertz CT molecular complexity index is 1050. The molecule has 0 radical (unpaired) electrons. The van der Waals surface area contributed by atoms with E-state index in [2.05, 4.69) is 55.3 Å². The number of anilines is 2. The Morgan fingerprint density at radius 1 is 1.13 bits per heavy atom. The zero-order valence-corrected chi connectivity index (χ0v) is 18.8. The van der Waals surface area contributed by atoms with Gasteiger partial charge in [0, 0.05) is 48.0 Å². The van der Waals surface area contributed by atoms with Gasteiger partial charge in [-0.1, -0.05) is 0 Å². The molecule has 31 heavy (non-hydrogen) atoms. The molecule has 1 N–H and O–H groups in total. The van der Waals surface area contributed by atoms with Crippen LogP contribution in [0.5, 0.6) is 0 Å². The zero-order valence-electron chi connectivity index (χ0n) is 18.0. The molecule has 2 aromatic heterocycles. The Labute approximate surface area is 185 Å². The summed E-state index contributed by atoms with van der Waals surface area (Å²) >= 11 is 1.60. The van der Waals surface area contributed by atoms with Crippen molar-refractivity contribution in [2.75, 3.05) is 49.2 Å². The van der Waals surface area contributed by atoms with Gasteiger partial charge in [-0.3, -0.25) is 0 Å². The molecule has 5 rings (SSSR count). The van der Waals surface area contributed by atoms with Gasteiger partial charge >= 0.3 is 0 Å². The zero-order chi connectivity index (χ0) is 21.4. The van der Waals surface area contributed by atoms with E-state index in [4.69, 9.17) is 4.74 Å². The second-order valence-corrected chi connectivity index (χ2v) is 9.64. The largest absolute Gasteiger partial charge is 0.386 e. The van der Waals surface area contributed by atoms with Crippen molar-refractivity contribution in [1.82, 2.24) is 20.4 Å². The molecule has 3 aromatic rings. The van der Waals surface area contributed by atoms with Crippen LogP contribution >= 0.6 is 11.3 Å². The summed E-state index contributed by atoms with van der Waals surface area (Å²) in [5, 5.41) is 25.6. The fourth-order valence-electron chi connectivity index (χ4n) is 4.50. The monoisotopic (exact) mass is 440 g/mol. The van der Waals surface area contributed by atoms with E-state index in [1.54, 1.807) is 11.3 Å². The van der Waals surface area contributed by atoms with Gasteiger partial charge < -0.3 is 19.6 Å². The van der Waals surface area contributed by atoms with E-state index in [9.17, 15) is 5.11 Å². The molecule has 9 heteroatoms. The third-order valence-electron chi connectivity index (χ3n) is 6.39. The standard InChI is InChI=1S/C22H28N6O2S/c1-14-15(2)31-22(23-14)20(29)16-4-3-7-28(13-16)21-18-6-5-17(12-19(18)24-26-25-21)27-8-10-30-11-9-27/h5-6,12,16,20,29H,3-4,7-11,13H2,1-2H3. The molecular formula is C22H28N6O2S. The Balaban J connectivity index is 1.39. The van der Waals surface area contributed by atoms with Crippen LogP contribution in [0.1, 0.15) is 34.5 Å². The second kappa shape index (κ2) is 8.64. The minimum atomic E-state index is -0.547. The maximum Gasteiger partial charge on any atom is 0.162 e. The van der Waals surface area contributed by atoms with Crippen LogP contribution in [0.25, 0.3) is 10.9 Å². The van der Waals surface area contributed by atoms with E-state index >= 15 is 0 Å². The molecule has 2 unspecified atom stereocenters. The van der Waals surface area contributed by atoms with E-state index in [1.807, 2.05) is 6.92 Å². The number of thiazole rings is 1. The van der Waals surface area contributed by atoms with Gasteiger partial charge in [0.25, 0.3) is 0 Å². The minimum Gasteiger partial charge on any atom is -0.386 e. The third kappa shape index (κ3) is 4.09. The molecule has 2 aliphatic rings. The van der Waals surface area contributed by atoms with Gasteiger partial charge in [-0.15, -0.1) is 21.5 Å². The molecule has 2 fully saturated rings. The van der Waals surface area contributed by atoms with Crippen molar-refractivity contribution in [3.05, 3.63) is 33.8 Å². The Morgan fingerprint density at radius 2 is 1.97 bits per heavy atom. The van der Waals surface area contributed by atoms with Crippen LogP contribution in [0.4, 0.5) is 11.5 Å². The molecule has 1 aromatic carbocycles. The van der Waals surface area contributed by atoms with Gasteiger partial charge in [0.2, 0.25) is 0 Å². The van der Waals surface area contributed by atoms with Crippen molar-refractivity contribution in [2.24, 2.45) is 5.92 Å². The maximum absolute atomic E-state index is 11.0. The summed E-state index contributed by atoms with van der Waals surface area (Å²) in [6.45, 7) is 8.97. The molecule has 8 nitrogen and oxygen atoms in total. The number of fused-ring (bicyclic) bond motifs is 1. The van der Waals surface area contributed by atoms with Gasteiger partial charge in [0.05, 0.1) is 18.9 Å². The highest BCUT2D eigenvalue weighted by Gasteiger charge is 2.30.